The van der Waals surface area contributed by atoms with Gasteiger partial charge < -0.3 is 14.2 Å². The molecular weight excluding hydrogens is 318 g/mol. The normalized spacial score (nSPS) is 28.8. The summed E-state index contributed by atoms with van der Waals surface area (Å²) in [6.45, 7) is 2.73. The van der Waals surface area contributed by atoms with Crippen molar-refractivity contribution in [2.75, 3.05) is 19.7 Å². The maximum Gasteiger partial charge on any atom is 0.255 e. The quantitative estimate of drug-likeness (QED) is 0.821. The van der Waals surface area contributed by atoms with E-state index in [0.717, 1.165) is 29.4 Å². The van der Waals surface area contributed by atoms with E-state index in [1.165, 1.54) is 0 Å². The molecule has 2 atom stereocenters. The minimum atomic E-state index is -0.445. The standard InChI is InChI=1S/C19H21N3O3/c1-20-15-5-3-2-4-13(15)10-14(18(20)24)12-21-7-6-19-16(21)11-17(23)22(19)8-9-25-19/h2-5,10,16H,6-9,11-12H2,1H3/t16-,19+/m1/s1. The maximum atomic E-state index is 12.8. The summed E-state index contributed by atoms with van der Waals surface area (Å²) < 4.78 is 7.75. The summed E-state index contributed by atoms with van der Waals surface area (Å²) >= 11 is 0. The van der Waals surface area contributed by atoms with Crippen LogP contribution in [-0.4, -0.2) is 51.7 Å². The van der Waals surface area contributed by atoms with E-state index in [-0.39, 0.29) is 17.5 Å². The van der Waals surface area contributed by atoms with Crippen LogP contribution >= 0.6 is 0 Å². The molecular formula is C19H21N3O3. The van der Waals surface area contributed by atoms with Crippen LogP contribution in [0, 0.1) is 0 Å². The zero-order valence-electron chi connectivity index (χ0n) is 14.3. The van der Waals surface area contributed by atoms with Gasteiger partial charge in [-0.25, -0.2) is 0 Å². The fourth-order valence-electron chi connectivity index (χ4n) is 4.89. The summed E-state index contributed by atoms with van der Waals surface area (Å²) in [7, 11) is 1.82. The molecule has 0 bridgehead atoms. The average molecular weight is 339 g/mol. The van der Waals surface area contributed by atoms with Gasteiger partial charge in [-0.15, -0.1) is 0 Å². The number of aryl methyl sites for hydroxylation is 1. The molecule has 2 aromatic rings. The van der Waals surface area contributed by atoms with Crippen molar-refractivity contribution in [2.24, 2.45) is 7.05 Å². The molecule has 130 valence electrons. The first-order valence-electron chi connectivity index (χ1n) is 8.86. The molecule has 5 rings (SSSR count). The molecule has 25 heavy (non-hydrogen) atoms. The lowest BCUT2D eigenvalue weighted by molar-refractivity contribution is -0.136. The number of nitrogens with zero attached hydrogens (tertiary/aromatic N) is 3. The SMILES string of the molecule is Cn1c(=O)c(CN2CC[C@@]34OCCN3C(=O)C[C@@H]24)cc2ccccc21. The van der Waals surface area contributed by atoms with Gasteiger partial charge in [-0.1, -0.05) is 18.2 Å². The fraction of sp³-hybridized carbons (Fsp3) is 0.474. The number of hydrogen-bond acceptors (Lipinski definition) is 4. The van der Waals surface area contributed by atoms with Gasteiger partial charge in [-0.3, -0.25) is 14.5 Å². The van der Waals surface area contributed by atoms with Crippen molar-refractivity contribution in [2.45, 2.75) is 31.2 Å². The summed E-state index contributed by atoms with van der Waals surface area (Å²) in [6, 6.07) is 9.98. The zero-order chi connectivity index (χ0) is 17.2. The molecule has 6 nitrogen and oxygen atoms in total. The molecule has 3 fully saturated rings. The number of ether oxygens (including phenoxy) is 1. The van der Waals surface area contributed by atoms with Crippen molar-refractivity contribution in [3.05, 3.63) is 46.2 Å². The van der Waals surface area contributed by atoms with Crippen molar-refractivity contribution in [1.29, 1.82) is 0 Å². The first kappa shape index (κ1) is 15.1. The molecule has 0 radical (unpaired) electrons. The Morgan fingerprint density at radius 3 is 2.96 bits per heavy atom. The fourth-order valence-corrected chi connectivity index (χ4v) is 4.89. The van der Waals surface area contributed by atoms with E-state index in [1.807, 2.05) is 42.3 Å². The highest BCUT2D eigenvalue weighted by atomic mass is 16.5. The van der Waals surface area contributed by atoms with E-state index in [1.54, 1.807) is 4.57 Å². The number of para-hydroxylation sites is 1. The van der Waals surface area contributed by atoms with E-state index < -0.39 is 5.72 Å². The summed E-state index contributed by atoms with van der Waals surface area (Å²) in [5.41, 5.74) is 1.31. The van der Waals surface area contributed by atoms with Gasteiger partial charge in [0.25, 0.3) is 5.56 Å². The van der Waals surface area contributed by atoms with Crippen molar-refractivity contribution < 1.29 is 9.53 Å². The van der Waals surface area contributed by atoms with Crippen LogP contribution in [0.3, 0.4) is 0 Å². The Morgan fingerprint density at radius 2 is 2.08 bits per heavy atom. The molecule has 3 aliphatic rings. The summed E-state index contributed by atoms with van der Waals surface area (Å²) in [5.74, 6) is 0.179. The van der Waals surface area contributed by atoms with Crippen LogP contribution in [-0.2, 0) is 23.1 Å². The van der Waals surface area contributed by atoms with E-state index >= 15 is 0 Å². The highest BCUT2D eigenvalue weighted by molar-refractivity contribution is 5.81. The molecule has 1 spiro atoms. The minimum Gasteiger partial charge on any atom is -0.352 e. The number of pyridine rings is 1. The van der Waals surface area contributed by atoms with Crippen LogP contribution in [0.4, 0.5) is 0 Å². The third-order valence-corrected chi connectivity index (χ3v) is 6.09. The van der Waals surface area contributed by atoms with Crippen molar-refractivity contribution in [1.82, 2.24) is 14.4 Å². The molecule has 0 saturated carbocycles. The molecule has 0 unspecified atom stereocenters. The zero-order valence-corrected chi connectivity index (χ0v) is 14.3. The summed E-state index contributed by atoms with van der Waals surface area (Å²) in [5, 5.41) is 1.06. The lowest BCUT2D eigenvalue weighted by atomic mass is 10.1. The largest absolute Gasteiger partial charge is 0.352 e. The molecule has 1 amide bonds. The van der Waals surface area contributed by atoms with E-state index in [9.17, 15) is 9.59 Å². The van der Waals surface area contributed by atoms with Crippen molar-refractivity contribution in [3.8, 4) is 0 Å². The number of fused-ring (bicyclic) bond motifs is 1. The number of rotatable bonds is 2. The van der Waals surface area contributed by atoms with Crippen LogP contribution < -0.4 is 5.56 Å². The Bertz CT molecular complexity index is 937. The minimum absolute atomic E-state index is 0.0353. The number of amides is 1. The van der Waals surface area contributed by atoms with Gasteiger partial charge in [0.2, 0.25) is 5.91 Å². The summed E-state index contributed by atoms with van der Waals surface area (Å²) in [4.78, 5) is 29.3. The molecule has 4 heterocycles. The van der Waals surface area contributed by atoms with Gasteiger partial charge in [0.05, 0.1) is 18.2 Å². The monoisotopic (exact) mass is 339 g/mol. The Balaban J connectivity index is 1.51. The topological polar surface area (TPSA) is 54.8 Å². The second kappa shape index (κ2) is 5.16. The molecule has 0 N–H and O–H groups in total. The van der Waals surface area contributed by atoms with Crippen LogP contribution in [0.25, 0.3) is 10.9 Å². The van der Waals surface area contributed by atoms with Crippen LogP contribution in [0.15, 0.2) is 35.1 Å². The van der Waals surface area contributed by atoms with Gasteiger partial charge in [0, 0.05) is 45.1 Å². The number of carbonyl (C=O) groups excluding carboxylic acids is 1. The number of carbonyl (C=O) groups is 1. The molecule has 3 aliphatic heterocycles. The smallest absolute Gasteiger partial charge is 0.255 e. The Kier molecular flexibility index (Phi) is 3.12. The molecule has 6 heteroatoms. The average Bonchev–Trinajstić information content (AvgIpc) is 3.25. The second-order valence-electron chi connectivity index (χ2n) is 7.27. The lowest BCUT2D eigenvalue weighted by Gasteiger charge is -2.31. The van der Waals surface area contributed by atoms with Crippen molar-refractivity contribution in [3.63, 3.8) is 0 Å². The van der Waals surface area contributed by atoms with Gasteiger partial charge in [0.15, 0.2) is 5.72 Å². The Hall–Kier alpha value is -2.18. The predicted octanol–water partition coefficient (Wildman–Crippen LogP) is 1.07. The van der Waals surface area contributed by atoms with Crippen LogP contribution in [0.1, 0.15) is 18.4 Å². The molecule has 1 aromatic heterocycles. The highest BCUT2D eigenvalue weighted by Gasteiger charge is 2.61. The maximum absolute atomic E-state index is 12.8. The van der Waals surface area contributed by atoms with Gasteiger partial charge in [-0.05, 0) is 17.5 Å². The van der Waals surface area contributed by atoms with Gasteiger partial charge >= 0.3 is 0 Å². The predicted molar refractivity (Wildman–Crippen MR) is 93.0 cm³/mol. The Morgan fingerprint density at radius 1 is 1.24 bits per heavy atom. The number of benzene rings is 1. The number of hydrogen-bond donors (Lipinski definition) is 0. The molecule has 0 aliphatic carbocycles. The number of aromatic nitrogens is 1. The third-order valence-electron chi connectivity index (χ3n) is 6.09. The molecule has 1 aromatic carbocycles. The second-order valence-corrected chi connectivity index (χ2v) is 7.27. The van der Waals surface area contributed by atoms with Gasteiger partial charge in [0.1, 0.15) is 0 Å². The Labute approximate surface area is 145 Å². The van der Waals surface area contributed by atoms with Crippen LogP contribution in [0.5, 0.6) is 0 Å². The highest BCUT2D eigenvalue weighted by Crippen LogP contribution is 2.45. The van der Waals surface area contributed by atoms with E-state index in [4.69, 9.17) is 4.74 Å². The van der Waals surface area contributed by atoms with Crippen molar-refractivity contribution >= 4 is 16.8 Å². The van der Waals surface area contributed by atoms with Crippen LogP contribution in [0.2, 0.25) is 0 Å². The van der Waals surface area contributed by atoms with E-state index in [2.05, 4.69) is 4.90 Å². The first-order chi connectivity index (χ1) is 12.1. The lowest BCUT2D eigenvalue weighted by Crippen LogP contribution is -2.47. The van der Waals surface area contributed by atoms with E-state index in [0.29, 0.717) is 26.1 Å². The first-order valence-corrected chi connectivity index (χ1v) is 8.86. The number of likely N-dealkylation sites (tertiary alicyclic amines) is 1. The van der Waals surface area contributed by atoms with Gasteiger partial charge in [-0.2, -0.15) is 0 Å². The third kappa shape index (κ3) is 1.98. The summed E-state index contributed by atoms with van der Waals surface area (Å²) in [6.07, 6.45) is 1.32. The molecule has 3 saturated heterocycles.